The molecule has 126 valence electrons. The minimum absolute atomic E-state index is 0.427. The second-order valence-electron chi connectivity index (χ2n) is 5.53. The Balaban J connectivity index is 1.98. The van der Waals surface area contributed by atoms with E-state index in [1.54, 1.807) is 18.5 Å². The van der Waals surface area contributed by atoms with Crippen molar-refractivity contribution in [2.24, 2.45) is 0 Å². The fourth-order valence-electron chi connectivity index (χ4n) is 2.54. The fourth-order valence-corrected chi connectivity index (χ4v) is 2.54. The summed E-state index contributed by atoms with van der Waals surface area (Å²) >= 11 is 0. The first kappa shape index (κ1) is 16.4. The number of carbonyl (C=O) groups excluding carboxylic acids is 1. The Morgan fingerprint density at radius 2 is 1.84 bits per heavy atom. The molecule has 3 aromatic rings. The van der Waals surface area contributed by atoms with Gasteiger partial charge < -0.3 is 10.5 Å². The van der Waals surface area contributed by atoms with E-state index in [1.807, 2.05) is 37.3 Å². The summed E-state index contributed by atoms with van der Waals surface area (Å²) in [6.07, 6.45) is 2.73. The lowest BCUT2D eigenvalue weighted by Gasteiger charge is -2.10. The van der Waals surface area contributed by atoms with Gasteiger partial charge in [-0.3, -0.25) is 10.3 Å². The van der Waals surface area contributed by atoms with Gasteiger partial charge in [0.15, 0.2) is 0 Å². The lowest BCUT2D eigenvalue weighted by Crippen LogP contribution is -2.11. The summed E-state index contributed by atoms with van der Waals surface area (Å²) in [6.45, 7) is 1.95. The number of nitrogen functional groups attached to an aromatic ring is 1. The highest BCUT2D eigenvalue weighted by Gasteiger charge is 2.08. The number of hydrogen-bond donors (Lipinski definition) is 2. The first-order valence-electron chi connectivity index (χ1n) is 7.71. The zero-order chi connectivity index (χ0) is 17.8. The number of methoxy groups -OCH3 is 1. The molecular weight excluding hydrogens is 316 g/mol. The molecule has 6 nitrogen and oxygen atoms in total. The Bertz CT molecular complexity index is 925. The van der Waals surface area contributed by atoms with Crippen LogP contribution in [0.25, 0.3) is 22.3 Å². The maximum absolute atomic E-state index is 11.3. The third-order valence-corrected chi connectivity index (χ3v) is 3.79. The molecule has 6 heteroatoms. The summed E-state index contributed by atoms with van der Waals surface area (Å²) in [5.74, 6) is 0.427. The fraction of sp³-hybridized carbons (Fsp3) is 0.105. The number of nitrogens with two attached hydrogens (primary N) is 1. The van der Waals surface area contributed by atoms with E-state index in [1.165, 1.54) is 7.11 Å². The van der Waals surface area contributed by atoms with Crippen LogP contribution in [0.1, 0.15) is 5.69 Å². The van der Waals surface area contributed by atoms with Crippen molar-refractivity contribution < 1.29 is 9.53 Å². The van der Waals surface area contributed by atoms with Crippen molar-refractivity contribution in [1.29, 1.82) is 0 Å². The Morgan fingerprint density at radius 3 is 2.64 bits per heavy atom. The molecule has 0 radical (unpaired) electrons. The Morgan fingerprint density at radius 1 is 1.08 bits per heavy atom. The van der Waals surface area contributed by atoms with Gasteiger partial charge >= 0.3 is 6.09 Å². The molecule has 1 amide bonds. The Labute approximate surface area is 145 Å². The molecule has 0 unspecified atom stereocenters. The normalized spacial score (nSPS) is 10.3. The predicted molar refractivity (Wildman–Crippen MR) is 98.1 cm³/mol. The molecule has 3 N–H and O–H groups in total. The van der Waals surface area contributed by atoms with Gasteiger partial charge in [-0.1, -0.05) is 18.2 Å². The summed E-state index contributed by atoms with van der Waals surface area (Å²) in [4.78, 5) is 19.8. The third kappa shape index (κ3) is 3.74. The van der Waals surface area contributed by atoms with Crippen LogP contribution in [0.5, 0.6) is 0 Å². The SMILES string of the molecule is COC(=O)Nc1cc(-c2cccc(-c3cc(N)cnc3C)c2)ccn1. The van der Waals surface area contributed by atoms with Crippen molar-refractivity contribution in [3.05, 3.63) is 60.6 Å². The Hall–Kier alpha value is -3.41. The van der Waals surface area contributed by atoms with Gasteiger partial charge in [0.05, 0.1) is 19.0 Å². The molecule has 0 spiro atoms. The number of rotatable bonds is 3. The van der Waals surface area contributed by atoms with Crippen molar-refractivity contribution in [3.8, 4) is 22.3 Å². The standard InChI is InChI=1S/C19H18N4O2/c1-12-17(10-16(20)11-22-12)15-5-3-4-13(8-15)14-6-7-21-18(9-14)23-19(24)25-2/h3-11H,20H2,1-2H3,(H,21,23,24). The Kier molecular flexibility index (Phi) is 4.61. The third-order valence-electron chi connectivity index (χ3n) is 3.79. The summed E-state index contributed by atoms with van der Waals surface area (Å²) in [5.41, 5.74) is 11.3. The van der Waals surface area contributed by atoms with Gasteiger partial charge in [0.1, 0.15) is 5.82 Å². The van der Waals surface area contributed by atoms with Crippen LogP contribution < -0.4 is 11.1 Å². The van der Waals surface area contributed by atoms with E-state index in [-0.39, 0.29) is 0 Å². The number of amides is 1. The molecule has 1 aromatic carbocycles. The number of pyridine rings is 2. The molecule has 0 fully saturated rings. The minimum atomic E-state index is -0.556. The van der Waals surface area contributed by atoms with Gasteiger partial charge in [0.25, 0.3) is 0 Å². The number of aromatic nitrogens is 2. The van der Waals surface area contributed by atoms with Crippen LogP contribution in [0.15, 0.2) is 54.9 Å². The van der Waals surface area contributed by atoms with Crippen molar-refractivity contribution in [3.63, 3.8) is 0 Å². The van der Waals surface area contributed by atoms with Crippen molar-refractivity contribution >= 4 is 17.6 Å². The monoisotopic (exact) mass is 334 g/mol. The molecule has 0 aliphatic rings. The van der Waals surface area contributed by atoms with E-state index >= 15 is 0 Å². The topological polar surface area (TPSA) is 90.1 Å². The van der Waals surface area contributed by atoms with Crippen LogP contribution in [0.4, 0.5) is 16.3 Å². The van der Waals surface area contributed by atoms with E-state index < -0.39 is 6.09 Å². The second-order valence-corrected chi connectivity index (χ2v) is 5.53. The van der Waals surface area contributed by atoms with Crippen LogP contribution in [0, 0.1) is 6.92 Å². The molecule has 0 atom stereocenters. The van der Waals surface area contributed by atoms with Gasteiger partial charge in [-0.15, -0.1) is 0 Å². The lowest BCUT2D eigenvalue weighted by atomic mass is 9.98. The number of hydrogen-bond acceptors (Lipinski definition) is 5. The van der Waals surface area contributed by atoms with E-state index in [9.17, 15) is 4.79 Å². The molecule has 0 aliphatic carbocycles. The summed E-state index contributed by atoms with van der Waals surface area (Å²) in [7, 11) is 1.31. The zero-order valence-electron chi connectivity index (χ0n) is 14.0. The van der Waals surface area contributed by atoms with Gasteiger partial charge in [0, 0.05) is 17.5 Å². The van der Waals surface area contributed by atoms with E-state index in [0.717, 1.165) is 27.9 Å². The van der Waals surface area contributed by atoms with Crippen molar-refractivity contribution in [1.82, 2.24) is 9.97 Å². The maximum atomic E-state index is 11.3. The second kappa shape index (κ2) is 7.00. The molecular formula is C19H18N4O2. The molecule has 0 aliphatic heterocycles. The van der Waals surface area contributed by atoms with Gasteiger partial charge in [0.2, 0.25) is 0 Å². The highest BCUT2D eigenvalue weighted by Crippen LogP contribution is 2.29. The highest BCUT2D eigenvalue weighted by atomic mass is 16.5. The molecule has 3 rings (SSSR count). The van der Waals surface area contributed by atoms with Gasteiger partial charge in [-0.05, 0) is 47.9 Å². The predicted octanol–water partition coefficient (Wildman–Crippen LogP) is 3.88. The first-order chi connectivity index (χ1) is 12.1. The highest BCUT2D eigenvalue weighted by molar-refractivity contribution is 5.84. The molecule has 2 aromatic heterocycles. The first-order valence-corrected chi connectivity index (χ1v) is 7.71. The number of benzene rings is 1. The number of ether oxygens (including phenoxy) is 1. The van der Waals surface area contributed by atoms with E-state index in [2.05, 4.69) is 26.1 Å². The zero-order valence-corrected chi connectivity index (χ0v) is 14.0. The quantitative estimate of drug-likeness (QED) is 0.758. The van der Waals surface area contributed by atoms with Crippen LogP contribution in [-0.4, -0.2) is 23.2 Å². The number of aryl methyl sites for hydroxylation is 1. The largest absolute Gasteiger partial charge is 0.453 e. The van der Waals surface area contributed by atoms with E-state index in [4.69, 9.17) is 5.73 Å². The lowest BCUT2D eigenvalue weighted by molar-refractivity contribution is 0.187. The summed E-state index contributed by atoms with van der Waals surface area (Å²) in [6, 6.07) is 13.6. The van der Waals surface area contributed by atoms with Gasteiger partial charge in [-0.25, -0.2) is 9.78 Å². The molecule has 25 heavy (non-hydrogen) atoms. The molecule has 0 saturated heterocycles. The van der Waals surface area contributed by atoms with Crippen LogP contribution in [0.3, 0.4) is 0 Å². The summed E-state index contributed by atoms with van der Waals surface area (Å²) in [5, 5.41) is 2.57. The smallest absolute Gasteiger partial charge is 0.412 e. The number of carbonyl (C=O) groups is 1. The number of nitrogens with zero attached hydrogens (tertiary/aromatic N) is 2. The van der Waals surface area contributed by atoms with Crippen LogP contribution in [0.2, 0.25) is 0 Å². The molecule has 0 bridgehead atoms. The average Bonchev–Trinajstić information content (AvgIpc) is 2.64. The number of anilines is 2. The van der Waals surface area contributed by atoms with Gasteiger partial charge in [-0.2, -0.15) is 0 Å². The maximum Gasteiger partial charge on any atom is 0.412 e. The molecule has 2 heterocycles. The molecule has 0 saturated carbocycles. The van der Waals surface area contributed by atoms with Crippen molar-refractivity contribution in [2.45, 2.75) is 6.92 Å². The van der Waals surface area contributed by atoms with Crippen LogP contribution >= 0.6 is 0 Å². The number of nitrogens with one attached hydrogen (secondary N) is 1. The van der Waals surface area contributed by atoms with E-state index in [0.29, 0.717) is 11.5 Å². The summed E-state index contributed by atoms with van der Waals surface area (Å²) < 4.78 is 4.59. The average molecular weight is 334 g/mol. The van der Waals surface area contributed by atoms with Crippen molar-refractivity contribution in [2.75, 3.05) is 18.2 Å². The minimum Gasteiger partial charge on any atom is -0.453 e. The van der Waals surface area contributed by atoms with Crippen LogP contribution in [-0.2, 0) is 4.74 Å².